The van der Waals surface area contributed by atoms with E-state index in [4.69, 9.17) is 4.74 Å². The molecule has 0 radical (unpaired) electrons. The Balaban J connectivity index is 1.82. The zero-order chi connectivity index (χ0) is 21.7. The Morgan fingerprint density at radius 2 is 1.83 bits per heavy atom. The van der Waals surface area contributed by atoms with Gasteiger partial charge in [-0.2, -0.15) is 0 Å². The average Bonchev–Trinajstić information content (AvgIpc) is 3.08. The van der Waals surface area contributed by atoms with E-state index in [-0.39, 0.29) is 10.8 Å². The molecule has 3 aromatic rings. The number of benzene rings is 2. The Hall–Kier alpha value is -2.71. The molecule has 3 rings (SSSR count). The van der Waals surface area contributed by atoms with Gasteiger partial charge in [-0.05, 0) is 63.6 Å². The molecule has 0 aliphatic heterocycles. The summed E-state index contributed by atoms with van der Waals surface area (Å²) in [6.07, 6.45) is 0.790. The summed E-state index contributed by atoms with van der Waals surface area (Å²) in [6.45, 7) is 7.16. The first-order valence-corrected chi connectivity index (χ1v) is 11.6. The SMILES string of the molecule is CCOCCCn1c(NC(=O)c2ccc(S(=O)(=O)C(C)C)cc2)nc2ccccc21. The summed E-state index contributed by atoms with van der Waals surface area (Å²) in [5, 5.41) is 2.34. The average molecular weight is 430 g/mol. The number of anilines is 1. The molecule has 2 aromatic carbocycles. The van der Waals surface area contributed by atoms with Gasteiger partial charge in [-0.25, -0.2) is 13.4 Å². The van der Waals surface area contributed by atoms with Crippen molar-refractivity contribution in [3.63, 3.8) is 0 Å². The zero-order valence-electron chi connectivity index (χ0n) is 17.5. The number of hydrogen-bond acceptors (Lipinski definition) is 5. The third kappa shape index (κ3) is 4.71. The minimum atomic E-state index is -3.38. The number of para-hydroxylation sites is 2. The van der Waals surface area contributed by atoms with Gasteiger partial charge in [-0.3, -0.25) is 10.1 Å². The number of nitrogens with zero attached hydrogens (tertiary/aromatic N) is 2. The first kappa shape index (κ1) is 22.0. The van der Waals surface area contributed by atoms with Crippen LogP contribution in [0, 0.1) is 0 Å². The van der Waals surface area contributed by atoms with Crippen molar-refractivity contribution in [1.29, 1.82) is 0 Å². The number of amides is 1. The predicted octanol–water partition coefficient (Wildman–Crippen LogP) is 3.90. The Bertz CT molecular complexity index is 1120. The Morgan fingerprint density at radius 3 is 2.50 bits per heavy atom. The molecule has 0 aliphatic carbocycles. The quantitative estimate of drug-likeness (QED) is 0.521. The zero-order valence-corrected chi connectivity index (χ0v) is 18.3. The van der Waals surface area contributed by atoms with Crippen molar-refractivity contribution in [1.82, 2.24) is 9.55 Å². The number of rotatable bonds is 9. The van der Waals surface area contributed by atoms with Gasteiger partial charge in [0.1, 0.15) is 0 Å². The molecule has 1 aromatic heterocycles. The Kier molecular flexibility index (Phi) is 6.89. The van der Waals surface area contributed by atoms with E-state index < -0.39 is 15.1 Å². The monoisotopic (exact) mass is 429 g/mol. The van der Waals surface area contributed by atoms with Crippen molar-refractivity contribution in [2.24, 2.45) is 0 Å². The number of carbonyl (C=O) groups is 1. The van der Waals surface area contributed by atoms with Gasteiger partial charge in [0.25, 0.3) is 5.91 Å². The van der Waals surface area contributed by atoms with Crippen LogP contribution < -0.4 is 5.32 Å². The topological polar surface area (TPSA) is 90.3 Å². The number of hydrogen-bond donors (Lipinski definition) is 1. The molecule has 0 spiro atoms. The molecular weight excluding hydrogens is 402 g/mol. The molecule has 1 amide bonds. The minimum Gasteiger partial charge on any atom is -0.382 e. The van der Waals surface area contributed by atoms with Crippen molar-refractivity contribution in [3.8, 4) is 0 Å². The molecule has 0 unspecified atom stereocenters. The number of sulfone groups is 1. The number of fused-ring (bicyclic) bond motifs is 1. The number of aryl methyl sites for hydroxylation is 1. The van der Waals surface area contributed by atoms with E-state index in [1.807, 2.05) is 35.8 Å². The van der Waals surface area contributed by atoms with Crippen LogP contribution in [0.25, 0.3) is 11.0 Å². The molecule has 0 saturated heterocycles. The molecule has 0 bridgehead atoms. The van der Waals surface area contributed by atoms with Crippen molar-refractivity contribution in [3.05, 3.63) is 54.1 Å². The van der Waals surface area contributed by atoms with Crippen molar-refractivity contribution in [2.75, 3.05) is 18.5 Å². The maximum absolute atomic E-state index is 12.8. The molecule has 160 valence electrons. The van der Waals surface area contributed by atoms with Crippen molar-refractivity contribution in [2.45, 2.75) is 43.9 Å². The van der Waals surface area contributed by atoms with E-state index >= 15 is 0 Å². The van der Waals surface area contributed by atoms with E-state index in [1.165, 1.54) is 24.3 Å². The summed E-state index contributed by atoms with van der Waals surface area (Å²) in [6, 6.07) is 13.7. The number of aromatic nitrogens is 2. The van der Waals surface area contributed by atoms with Crippen LogP contribution in [0.5, 0.6) is 0 Å². The van der Waals surface area contributed by atoms with Gasteiger partial charge in [0.15, 0.2) is 9.84 Å². The van der Waals surface area contributed by atoms with Gasteiger partial charge >= 0.3 is 0 Å². The van der Waals surface area contributed by atoms with Gasteiger partial charge in [0, 0.05) is 25.3 Å². The molecule has 0 fully saturated rings. The van der Waals surface area contributed by atoms with Gasteiger partial charge in [0.2, 0.25) is 5.95 Å². The second kappa shape index (κ2) is 9.40. The van der Waals surface area contributed by atoms with E-state index in [2.05, 4.69) is 10.3 Å². The highest BCUT2D eigenvalue weighted by Crippen LogP contribution is 2.21. The lowest BCUT2D eigenvalue weighted by Gasteiger charge is -2.11. The fraction of sp³-hybridized carbons (Fsp3) is 0.364. The summed E-state index contributed by atoms with van der Waals surface area (Å²) in [4.78, 5) is 17.5. The van der Waals surface area contributed by atoms with Crippen molar-refractivity contribution < 1.29 is 17.9 Å². The van der Waals surface area contributed by atoms with E-state index in [0.717, 1.165) is 17.5 Å². The van der Waals surface area contributed by atoms with Crippen LogP contribution in [0.3, 0.4) is 0 Å². The second-order valence-electron chi connectivity index (χ2n) is 7.20. The van der Waals surface area contributed by atoms with E-state index in [9.17, 15) is 13.2 Å². The summed E-state index contributed by atoms with van der Waals surface area (Å²) < 4.78 is 31.9. The summed E-state index contributed by atoms with van der Waals surface area (Å²) >= 11 is 0. The van der Waals surface area contributed by atoms with Gasteiger partial charge < -0.3 is 9.30 Å². The van der Waals surface area contributed by atoms with Crippen LogP contribution in [-0.2, 0) is 21.1 Å². The fourth-order valence-corrected chi connectivity index (χ4v) is 4.17. The third-order valence-electron chi connectivity index (χ3n) is 4.82. The lowest BCUT2D eigenvalue weighted by molar-refractivity contribution is 0.102. The van der Waals surface area contributed by atoms with Crippen LogP contribution in [0.2, 0.25) is 0 Å². The van der Waals surface area contributed by atoms with Crippen LogP contribution in [-0.4, -0.2) is 42.3 Å². The number of carbonyl (C=O) groups excluding carboxylic acids is 1. The van der Waals surface area contributed by atoms with Gasteiger partial charge in [0.05, 0.1) is 21.2 Å². The molecule has 0 aliphatic rings. The van der Waals surface area contributed by atoms with Crippen LogP contribution in [0.1, 0.15) is 37.6 Å². The highest BCUT2D eigenvalue weighted by molar-refractivity contribution is 7.92. The molecule has 7 nitrogen and oxygen atoms in total. The molecular formula is C22H27N3O4S. The minimum absolute atomic E-state index is 0.206. The lowest BCUT2D eigenvalue weighted by Crippen LogP contribution is -2.17. The smallest absolute Gasteiger partial charge is 0.257 e. The highest BCUT2D eigenvalue weighted by atomic mass is 32.2. The second-order valence-corrected chi connectivity index (χ2v) is 9.70. The lowest BCUT2D eigenvalue weighted by atomic mass is 10.2. The standard InChI is InChI=1S/C22H27N3O4S/c1-4-29-15-7-14-25-20-9-6-5-8-19(20)23-22(25)24-21(26)17-10-12-18(13-11-17)30(27,28)16(2)3/h5-6,8-13,16H,4,7,14-15H2,1-3H3,(H,23,24,26). The Morgan fingerprint density at radius 1 is 1.13 bits per heavy atom. The number of ether oxygens (including phenoxy) is 1. The van der Waals surface area contributed by atoms with Gasteiger partial charge in [-0.15, -0.1) is 0 Å². The largest absolute Gasteiger partial charge is 0.382 e. The first-order valence-electron chi connectivity index (χ1n) is 10.0. The molecule has 1 N–H and O–H groups in total. The number of imidazole rings is 1. The number of nitrogens with one attached hydrogen (secondary N) is 1. The maximum Gasteiger partial charge on any atom is 0.257 e. The van der Waals surface area contributed by atoms with Crippen LogP contribution in [0.15, 0.2) is 53.4 Å². The van der Waals surface area contributed by atoms with E-state index in [1.54, 1.807) is 13.8 Å². The molecule has 8 heteroatoms. The van der Waals surface area contributed by atoms with Crippen molar-refractivity contribution >= 4 is 32.7 Å². The summed E-state index contributed by atoms with van der Waals surface area (Å²) in [5.74, 6) is 0.112. The first-order chi connectivity index (χ1) is 14.3. The van der Waals surface area contributed by atoms with Crippen LogP contribution >= 0.6 is 0 Å². The molecule has 0 saturated carbocycles. The Labute approximate surface area is 177 Å². The maximum atomic E-state index is 12.8. The van der Waals surface area contributed by atoms with Gasteiger partial charge in [-0.1, -0.05) is 12.1 Å². The normalized spacial score (nSPS) is 11.9. The van der Waals surface area contributed by atoms with E-state index in [0.29, 0.717) is 31.3 Å². The summed E-state index contributed by atoms with van der Waals surface area (Å²) in [5.41, 5.74) is 2.09. The third-order valence-corrected chi connectivity index (χ3v) is 6.99. The highest BCUT2D eigenvalue weighted by Gasteiger charge is 2.20. The summed E-state index contributed by atoms with van der Waals surface area (Å²) in [7, 11) is -3.38. The molecule has 30 heavy (non-hydrogen) atoms. The molecule has 0 atom stereocenters. The predicted molar refractivity (Wildman–Crippen MR) is 118 cm³/mol. The van der Waals surface area contributed by atoms with Crippen LogP contribution in [0.4, 0.5) is 5.95 Å². The molecule has 1 heterocycles. The fourth-order valence-electron chi connectivity index (χ4n) is 3.11.